The van der Waals surface area contributed by atoms with Crippen molar-refractivity contribution < 1.29 is 4.74 Å². The van der Waals surface area contributed by atoms with Gasteiger partial charge in [-0.05, 0) is 19.9 Å². The topological polar surface area (TPSA) is 64.3 Å². The lowest BCUT2D eigenvalue weighted by Gasteiger charge is -2.21. The van der Waals surface area contributed by atoms with E-state index in [-0.39, 0.29) is 0 Å². The molecule has 0 aliphatic heterocycles. The molecule has 0 saturated carbocycles. The predicted molar refractivity (Wildman–Crippen MR) is 60.1 cm³/mol. The molecule has 15 heavy (non-hydrogen) atoms. The van der Waals surface area contributed by atoms with E-state index >= 15 is 0 Å². The lowest BCUT2D eigenvalue weighted by Crippen LogP contribution is -2.26. The first-order chi connectivity index (χ1) is 7.31. The van der Waals surface area contributed by atoms with Crippen LogP contribution in [0.4, 0.5) is 5.82 Å². The first-order valence-corrected chi connectivity index (χ1v) is 5.12. The van der Waals surface area contributed by atoms with Crippen LogP contribution in [0.25, 0.3) is 0 Å². The summed E-state index contributed by atoms with van der Waals surface area (Å²) in [6.07, 6.45) is 4.29. The molecule has 0 aliphatic carbocycles. The summed E-state index contributed by atoms with van der Waals surface area (Å²) in [5, 5.41) is 0. The van der Waals surface area contributed by atoms with E-state index in [1.165, 1.54) is 0 Å². The number of anilines is 1. The third-order valence-electron chi connectivity index (χ3n) is 2.15. The third-order valence-corrected chi connectivity index (χ3v) is 2.15. The zero-order chi connectivity index (χ0) is 11.1. The van der Waals surface area contributed by atoms with Crippen LogP contribution in [-0.2, 0) is 0 Å². The lowest BCUT2D eigenvalue weighted by atomic mass is 10.3. The van der Waals surface area contributed by atoms with Crippen molar-refractivity contribution >= 4 is 5.82 Å². The monoisotopic (exact) mass is 210 g/mol. The van der Waals surface area contributed by atoms with E-state index in [2.05, 4.69) is 21.8 Å². The first-order valence-electron chi connectivity index (χ1n) is 5.12. The quantitative estimate of drug-likeness (QED) is 0.747. The van der Waals surface area contributed by atoms with Crippen LogP contribution >= 0.6 is 0 Å². The summed E-state index contributed by atoms with van der Waals surface area (Å²) in [4.78, 5) is 10.5. The molecule has 84 valence electrons. The van der Waals surface area contributed by atoms with Crippen molar-refractivity contribution in [3.63, 3.8) is 0 Å². The summed E-state index contributed by atoms with van der Waals surface area (Å²) < 4.78 is 5.03. The number of ether oxygens (including phenoxy) is 1. The van der Waals surface area contributed by atoms with Crippen LogP contribution in [0.1, 0.15) is 13.3 Å². The van der Waals surface area contributed by atoms with Crippen molar-refractivity contribution in [1.82, 2.24) is 9.97 Å². The Morgan fingerprint density at radius 2 is 2.27 bits per heavy atom. The Morgan fingerprint density at radius 3 is 2.87 bits per heavy atom. The Labute approximate surface area is 90.3 Å². The van der Waals surface area contributed by atoms with Crippen LogP contribution in [0.2, 0.25) is 0 Å². The molecule has 0 spiro atoms. The molecule has 0 fully saturated rings. The Kier molecular flexibility index (Phi) is 4.83. The molecule has 2 N–H and O–H groups in total. The van der Waals surface area contributed by atoms with E-state index in [0.29, 0.717) is 12.4 Å². The normalized spacial score (nSPS) is 10.1. The highest BCUT2D eigenvalue weighted by molar-refractivity contribution is 5.37. The van der Waals surface area contributed by atoms with Gasteiger partial charge in [-0.3, -0.25) is 4.98 Å². The molecule has 1 aromatic rings. The Morgan fingerprint density at radius 1 is 1.47 bits per heavy atom. The van der Waals surface area contributed by atoms with E-state index < -0.39 is 0 Å². The van der Waals surface area contributed by atoms with Crippen LogP contribution < -0.4 is 15.4 Å². The van der Waals surface area contributed by atoms with Crippen molar-refractivity contribution in [2.75, 3.05) is 31.6 Å². The Balaban J connectivity index is 2.72. The molecule has 0 bridgehead atoms. The molecular weight excluding hydrogens is 192 g/mol. The van der Waals surface area contributed by atoms with Gasteiger partial charge >= 0.3 is 0 Å². The first kappa shape index (κ1) is 11.7. The molecule has 0 amide bonds. The minimum atomic E-state index is 0.540. The van der Waals surface area contributed by atoms with Gasteiger partial charge < -0.3 is 15.4 Å². The zero-order valence-electron chi connectivity index (χ0n) is 9.31. The average molecular weight is 210 g/mol. The number of rotatable bonds is 6. The predicted octanol–water partition coefficient (Wildman–Crippen LogP) is 0.660. The second-order valence-corrected chi connectivity index (χ2v) is 3.14. The number of hydrogen-bond donors (Lipinski definition) is 1. The van der Waals surface area contributed by atoms with Crippen LogP contribution in [0.5, 0.6) is 5.88 Å². The number of methoxy groups -OCH3 is 1. The van der Waals surface area contributed by atoms with E-state index in [1.54, 1.807) is 19.5 Å². The fraction of sp³-hybridized carbons (Fsp3) is 0.600. The standard InChI is InChI=1S/C10H18N4O/c1-3-14(6-4-5-11)9-7-12-8-10(13-9)15-2/h7-8H,3-6,11H2,1-2H3. The van der Waals surface area contributed by atoms with E-state index in [0.717, 1.165) is 25.3 Å². The molecule has 1 aromatic heterocycles. The summed E-state index contributed by atoms with van der Waals surface area (Å²) >= 11 is 0. The molecule has 5 heteroatoms. The number of hydrogen-bond acceptors (Lipinski definition) is 5. The lowest BCUT2D eigenvalue weighted by molar-refractivity contribution is 0.395. The summed E-state index contributed by atoms with van der Waals surface area (Å²) in [7, 11) is 1.59. The largest absolute Gasteiger partial charge is 0.480 e. The zero-order valence-corrected chi connectivity index (χ0v) is 9.31. The van der Waals surface area contributed by atoms with E-state index in [4.69, 9.17) is 10.5 Å². The van der Waals surface area contributed by atoms with Crippen LogP contribution in [0.3, 0.4) is 0 Å². The van der Waals surface area contributed by atoms with Gasteiger partial charge in [-0.25, -0.2) is 0 Å². The van der Waals surface area contributed by atoms with Crippen LogP contribution in [0.15, 0.2) is 12.4 Å². The molecular formula is C10H18N4O. The Hall–Kier alpha value is -1.36. The average Bonchev–Trinajstić information content (AvgIpc) is 2.30. The maximum Gasteiger partial charge on any atom is 0.233 e. The SMILES string of the molecule is CCN(CCCN)c1cncc(OC)n1. The fourth-order valence-corrected chi connectivity index (χ4v) is 1.31. The summed E-state index contributed by atoms with van der Waals surface area (Å²) in [5.74, 6) is 1.38. The van der Waals surface area contributed by atoms with Gasteiger partial charge in [-0.2, -0.15) is 4.98 Å². The highest BCUT2D eigenvalue weighted by Crippen LogP contribution is 2.13. The second kappa shape index (κ2) is 6.19. The molecule has 1 rings (SSSR count). The van der Waals surface area contributed by atoms with Crippen molar-refractivity contribution in [3.05, 3.63) is 12.4 Å². The maximum atomic E-state index is 5.48. The molecule has 0 aliphatic rings. The van der Waals surface area contributed by atoms with Crippen LogP contribution in [0, 0.1) is 0 Å². The highest BCUT2D eigenvalue weighted by atomic mass is 16.5. The summed E-state index contributed by atoms with van der Waals surface area (Å²) in [6, 6.07) is 0. The molecule has 0 radical (unpaired) electrons. The number of nitrogens with two attached hydrogens (primary N) is 1. The van der Waals surface area contributed by atoms with Gasteiger partial charge in [0.2, 0.25) is 5.88 Å². The highest BCUT2D eigenvalue weighted by Gasteiger charge is 2.06. The van der Waals surface area contributed by atoms with Gasteiger partial charge in [0, 0.05) is 13.1 Å². The molecule has 0 unspecified atom stereocenters. The van der Waals surface area contributed by atoms with Gasteiger partial charge in [0.25, 0.3) is 0 Å². The van der Waals surface area contributed by atoms with Gasteiger partial charge in [0.1, 0.15) is 0 Å². The smallest absolute Gasteiger partial charge is 0.233 e. The fourth-order valence-electron chi connectivity index (χ4n) is 1.31. The molecule has 1 heterocycles. The van der Waals surface area contributed by atoms with Crippen molar-refractivity contribution in [3.8, 4) is 5.88 Å². The van der Waals surface area contributed by atoms with Gasteiger partial charge in [0.05, 0.1) is 19.5 Å². The van der Waals surface area contributed by atoms with E-state index in [9.17, 15) is 0 Å². The summed E-state index contributed by atoms with van der Waals surface area (Å²) in [6.45, 7) is 4.56. The second-order valence-electron chi connectivity index (χ2n) is 3.14. The van der Waals surface area contributed by atoms with Gasteiger partial charge in [0.15, 0.2) is 5.82 Å². The van der Waals surface area contributed by atoms with Crippen molar-refractivity contribution in [2.45, 2.75) is 13.3 Å². The molecule has 5 nitrogen and oxygen atoms in total. The third kappa shape index (κ3) is 3.36. The van der Waals surface area contributed by atoms with Gasteiger partial charge in [-0.1, -0.05) is 0 Å². The summed E-state index contributed by atoms with van der Waals surface area (Å²) in [5.41, 5.74) is 5.48. The van der Waals surface area contributed by atoms with Gasteiger partial charge in [-0.15, -0.1) is 0 Å². The Bertz CT molecular complexity index is 293. The minimum Gasteiger partial charge on any atom is -0.480 e. The van der Waals surface area contributed by atoms with Crippen LogP contribution in [-0.4, -0.2) is 36.7 Å². The van der Waals surface area contributed by atoms with Crippen molar-refractivity contribution in [2.24, 2.45) is 5.73 Å². The molecule has 0 atom stereocenters. The molecule has 0 saturated heterocycles. The van der Waals surface area contributed by atoms with E-state index in [1.807, 2.05) is 0 Å². The maximum absolute atomic E-state index is 5.48. The number of nitrogens with zero attached hydrogens (tertiary/aromatic N) is 3. The molecule has 0 aromatic carbocycles. The number of aromatic nitrogens is 2. The van der Waals surface area contributed by atoms with Crippen molar-refractivity contribution in [1.29, 1.82) is 0 Å². The minimum absolute atomic E-state index is 0.540.